The van der Waals surface area contributed by atoms with Gasteiger partial charge in [0.1, 0.15) is 0 Å². The van der Waals surface area contributed by atoms with Crippen LogP contribution in [0.1, 0.15) is 12.5 Å². The van der Waals surface area contributed by atoms with Crippen LogP contribution in [0.5, 0.6) is 11.5 Å². The van der Waals surface area contributed by atoms with E-state index in [4.69, 9.17) is 10.5 Å². The third-order valence-corrected chi connectivity index (χ3v) is 3.21. The SMILES string of the molecule is CC(N)Cc1cc(F)c(Oc2cc(Br)ccc2F)c(F)c1. The maximum atomic E-state index is 13.9. The number of hydrogen-bond donors (Lipinski definition) is 1. The zero-order chi connectivity index (χ0) is 15.6. The van der Waals surface area contributed by atoms with Crippen LogP contribution in [0.4, 0.5) is 13.2 Å². The van der Waals surface area contributed by atoms with Crippen molar-refractivity contribution in [2.75, 3.05) is 0 Å². The molecule has 0 fully saturated rings. The fraction of sp³-hybridized carbons (Fsp3) is 0.200. The minimum Gasteiger partial charge on any atom is -0.448 e. The normalized spacial score (nSPS) is 12.3. The van der Waals surface area contributed by atoms with Gasteiger partial charge in [-0.2, -0.15) is 0 Å². The molecular formula is C15H13BrF3NO. The maximum absolute atomic E-state index is 13.9. The molecule has 0 aliphatic heterocycles. The monoisotopic (exact) mass is 359 g/mol. The highest BCUT2D eigenvalue weighted by atomic mass is 79.9. The minimum atomic E-state index is -0.898. The zero-order valence-electron chi connectivity index (χ0n) is 11.2. The van der Waals surface area contributed by atoms with Gasteiger partial charge >= 0.3 is 0 Å². The minimum absolute atomic E-state index is 0.224. The number of benzene rings is 2. The van der Waals surface area contributed by atoms with Gasteiger partial charge in [0.15, 0.2) is 29.0 Å². The van der Waals surface area contributed by atoms with E-state index in [-0.39, 0.29) is 11.8 Å². The summed E-state index contributed by atoms with van der Waals surface area (Å²) in [6.45, 7) is 1.73. The van der Waals surface area contributed by atoms with Crippen LogP contribution < -0.4 is 10.5 Å². The van der Waals surface area contributed by atoms with Crippen molar-refractivity contribution in [2.45, 2.75) is 19.4 Å². The Hall–Kier alpha value is -1.53. The third kappa shape index (κ3) is 3.98. The van der Waals surface area contributed by atoms with E-state index in [1.807, 2.05) is 0 Å². The fourth-order valence-electron chi connectivity index (χ4n) is 1.86. The molecule has 0 aromatic heterocycles. The predicted octanol–water partition coefficient (Wildman–Crippen LogP) is 4.55. The van der Waals surface area contributed by atoms with Crippen molar-refractivity contribution in [3.8, 4) is 11.5 Å². The number of halogens is 4. The van der Waals surface area contributed by atoms with Crippen molar-refractivity contribution in [3.63, 3.8) is 0 Å². The molecule has 0 radical (unpaired) electrons. The van der Waals surface area contributed by atoms with Gasteiger partial charge in [0.25, 0.3) is 0 Å². The van der Waals surface area contributed by atoms with Gasteiger partial charge in [-0.25, -0.2) is 13.2 Å². The molecule has 0 heterocycles. The smallest absolute Gasteiger partial charge is 0.198 e. The molecular weight excluding hydrogens is 347 g/mol. The molecule has 0 bridgehead atoms. The van der Waals surface area contributed by atoms with Gasteiger partial charge in [-0.1, -0.05) is 15.9 Å². The Morgan fingerprint density at radius 2 is 1.71 bits per heavy atom. The maximum Gasteiger partial charge on any atom is 0.198 e. The number of nitrogens with two attached hydrogens (primary N) is 1. The first-order valence-corrected chi connectivity index (χ1v) is 7.02. The van der Waals surface area contributed by atoms with E-state index in [2.05, 4.69) is 15.9 Å². The van der Waals surface area contributed by atoms with Gasteiger partial charge < -0.3 is 10.5 Å². The summed E-state index contributed by atoms with van der Waals surface area (Å²) < 4.78 is 47.0. The molecule has 2 N–H and O–H groups in total. The molecule has 6 heteroatoms. The molecule has 2 aromatic rings. The second-order valence-corrected chi connectivity index (χ2v) is 5.66. The van der Waals surface area contributed by atoms with Crippen molar-refractivity contribution in [1.29, 1.82) is 0 Å². The first kappa shape index (κ1) is 15.9. The predicted molar refractivity (Wildman–Crippen MR) is 77.9 cm³/mol. The van der Waals surface area contributed by atoms with E-state index in [1.54, 1.807) is 6.92 Å². The average molecular weight is 360 g/mol. The lowest BCUT2D eigenvalue weighted by atomic mass is 10.1. The van der Waals surface area contributed by atoms with Gasteiger partial charge in [-0.3, -0.25) is 0 Å². The Morgan fingerprint density at radius 3 is 2.29 bits per heavy atom. The van der Waals surface area contributed by atoms with Crippen LogP contribution in [0.15, 0.2) is 34.8 Å². The van der Waals surface area contributed by atoms with E-state index in [0.717, 1.165) is 18.2 Å². The lowest BCUT2D eigenvalue weighted by Gasteiger charge is -2.11. The van der Waals surface area contributed by atoms with E-state index in [9.17, 15) is 13.2 Å². The second kappa shape index (κ2) is 6.49. The highest BCUT2D eigenvalue weighted by Gasteiger charge is 2.16. The standard InChI is InChI=1S/C15H13BrF3NO/c1-8(20)4-9-5-12(18)15(13(19)6-9)21-14-7-10(16)2-3-11(14)17/h2-3,5-8H,4,20H2,1H3. The summed E-state index contributed by atoms with van der Waals surface area (Å²) in [5.41, 5.74) is 6.01. The van der Waals surface area contributed by atoms with Crippen LogP contribution in [-0.4, -0.2) is 6.04 Å². The summed E-state index contributed by atoms with van der Waals surface area (Å²) in [6, 6.07) is 5.94. The molecule has 21 heavy (non-hydrogen) atoms. The van der Waals surface area contributed by atoms with Crippen LogP contribution in [0.2, 0.25) is 0 Å². The van der Waals surface area contributed by atoms with Crippen LogP contribution in [0.3, 0.4) is 0 Å². The van der Waals surface area contributed by atoms with Crippen molar-refractivity contribution < 1.29 is 17.9 Å². The molecule has 1 atom stereocenters. The van der Waals surface area contributed by atoms with Crippen LogP contribution in [0, 0.1) is 17.5 Å². The summed E-state index contributed by atoms with van der Waals surface area (Å²) in [4.78, 5) is 0. The lowest BCUT2D eigenvalue weighted by molar-refractivity contribution is 0.386. The summed E-state index contributed by atoms with van der Waals surface area (Å²) in [5, 5.41) is 0. The average Bonchev–Trinajstić information content (AvgIpc) is 2.37. The van der Waals surface area contributed by atoms with Crippen LogP contribution in [0.25, 0.3) is 0 Å². The number of rotatable bonds is 4. The molecule has 0 saturated carbocycles. The van der Waals surface area contributed by atoms with Crippen molar-refractivity contribution in [1.82, 2.24) is 0 Å². The van der Waals surface area contributed by atoms with Gasteiger partial charge in [0, 0.05) is 10.5 Å². The van der Waals surface area contributed by atoms with Crippen LogP contribution in [-0.2, 0) is 6.42 Å². The Bertz CT molecular complexity index is 638. The Kier molecular flexibility index (Phi) is 4.90. The quantitative estimate of drug-likeness (QED) is 0.868. The van der Waals surface area contributed by atoms with Gasteiger partial charge in [-0.05, 0) is 49.2 Å². The third-order valence-electron chi connectivity index (χ3n) is 2.72. The Labute approximate surface area is 128 Å². The molecule has 0 aliphatic carbocycles. The highest BCUT2D eigenvalue weighted by Crippen LogP contribution is 2.32. The first-order chi connectivity index (χ1) is 9.86. The van der Waals surface area contributed by atoms with E-state index < -0.39 is 23.2 Å². The molecule has 0 amide bonds. The van der Waals surface area contributed by atoms with E-state index in [0.29, 0.717) is 16.5 Å². The van der Waals surface area contributed by atoms with Crippen LogP contribution >= 0.6 is 15.9 Å². The number of hydrogen-bond acceptors (Lipinski definition) is 2. The molecule has 2 aromatic carbocycles. The first-order valence-electron chi connectivity index (χ1n) is 6.23. The van der Waals surface area contributed by atoms with Gasteiger partial charge in [0.2, 0.25) is 0 Å². The van der Waals surface area contributed by atoms with E-state index >= 15 is 0 Å². The molecule has 0 spiro atoms. The Morgan fingerprint density at radius 1 is 1.10 bits per heavy atom. The van der Waals surface area contributed by atoms with Gasteiger partial charge in [-0.15, -0.1) is 0 Å². The van der Waals surface area contributed by atoms with Crippen molar-refractivity contribution >= 4 is 15.9 Å². The summed E-state index contributed by atoms with van der Waals surface area (Å²) in [5.74, 6) is -3.41. The Balaban J connectivity index is 2.34. The zero-order valence-corrected chi connectivity index (χ0v) is 12.8. The highest BCUT2D eigenvalue weighted by molar-refractivity contribution is 9.10. The topological polar surface area (TPSA) is 35.2 Å². The summed E-state index contributed by atoms with van der Waals surface area (Å²) in [7, 11) is 0. The molecule has 0 aliphatic rings. The molecule has 0 saturated heterocycles. The van der Waals surface area contributed by atoms with Gasteiger partial charge in [0.05, 0.1) is 0 Å². The summed E-state index contributed by atoms with van der Waals surface area (Å²) >= 11 is 3.14. The fourth-order valence-corrected chi connectivity index (χ4v) is 2.20. The second-order valence-electron chi connectivity index (χ2n) is 4.75. The molecule has 1 unspecified atom stereocenters. The largest absolute Gasteiger partial charge is 0.448 e. The summed E-state index contributed by atoms with van der Waals surface area (Å²) in [6.07, 6.45) is 0.333. The van der Waals surface area contributed by atoms with Crippen molar-refractivity contribution in [2.24, 2.45) is 5.73 Å². The molecule has 112 valence electrons. The van der Waals surface area contributed by atoms with Crippen molar-refractivity contribution in [3.05, 3.63) is 57.8 Å². The molecule has 2 rings (SSSR count). The van der Waals surface area contributed by atoms with E-state index in [1.165, 1.54) is 12.1 Å². The lowest BCUT2D eigenvalue weighted by Crippen LogP contribution is -2.18. The molecule has 2 nitrogen and oxygen atoms in total. The number of ether oxygens (including phenoxy) is 1.